The van der Waals surface area contributed by atoms with Gasteiger partial charge in [0.05, 0.1) is 18.7 Å². The molecular weight excluding hydrogens is 404 g/mol. The summed E-state index contributed by atoms with van der Waals surface area (Å²) < 4.78 is 6.75. The van der Waals surface area contributed by atoms with Gasteiger partial charge in [-0.25, -0.2) is 0 Å². The van der Waals surface area contributed by atoms with Crippen molar-refractivity contribution in [2.24, 2.45) is 0 Å². The fourth-order valence-corrected chi connectivity index (χ4v) is 3.52. The van der Waals surface area contributed by atoms with Gasteiger partial charge in [0.25, 0.3) is 5.56 Å². The van der Waals surface area contributed by atoms with Crippen LogP contribution in [0, 0.1) is 18.3 Å². The van der Waals surface area contributed by atoms with Crippen molar-refractivity contribution in [3.05, 3.63) is 92.8 Å². The molecule has 0 saturated carbocycles. The van der Waals surface area contributed by atoms with Crippen molar-refractivity contribution in [3.8, 4) is 17.7 Å². The second kappa shape index (κ2) is 10.5. The maximum atomic E-state index is 13.3. The zero-order valence-corrected chi connectivity index (χ0v) is 18.3. The van der Waals surface area contributed by atoms with Gasteiger partial charge >= 0.3 is 0 Å². The van der Waals surface area contributed by atoms with Gasteiger partial charge in [-0.2, -0.15) is 5.26 Å². The van der Waals surface area contributed by atoms with Crippen LogP contribution in [0.25, 0.3) is 0 Å². The first kappa shape index (κ1) is 22.8. The minimum absolute atomic E-state index is 0.0469. The van der Waals surface area contributed by atoms with E-state index in [0.29, 0.717) is 17.9 Å². The van der Waals surface area contributed by atoms with Crippen LogP contribution in [-0.2, 0) is 6.54 Å². The molecule has 164 valence electrons. The predicted octanol–water partition coefficient (Wildman–Crippen LogP) is 4.58. The normalized spacial score (nSPS) is 10.5. The van der Waals surface area contributed by atoms with Crippen molar-refractivity contribution in [2.45, 2.75) is 39.7 Å². The number of benzene rings is 2. The number of ketones is 1. The van der Waals surface area contributed by atoms with E-state index in [1.54, 1.807) is 36.4 Å². The maximum absolute atomic E-state index is 13.3. The summed E-state index contributed by atoms with van der Waals surface area (Å²) >= 11 is 0. The molecule has 32 heavy (non-hydrogen) atoms. The molecule has 0 aliphatic carbocycles. The zero-order chi connectivity index (χ0) is 23.1. The Morgan fingerprint density at radius 1 is 1.09 bits per heavy atom. The monoisotopic (exact) mass is 430 g/mol. The topological polar surface area (TPSA) is 92.3 Å². The zero-order valence-electron chi connectivity index (χ0n) is 18.3. The second-order valence-electron chi connectivity index (χ2n) is 7.60. The average molecular weight is 431 g/mol. The van der Waals surface area contributed by atoms with Gasteiger partial charge in [0.1, 0.15) is 17.4 Å². The molecule has 1 N–H and O–H groups in total. The Kier molecular flexibility index (Phi) is 7.45. The molecule has 0 bridgehead atoms. The fraction of sp³-hybridized carbons (Fsp3) is 0.269. The Morgan fingerprint density at radius 3 is 2.41 bits per heavy atom. The third kappa shape index (κ3) is 4.89. The molecule has 3 aromatic rings. The molecule has 0 radical (unpaired) electrons. The highest BCUT2D eigenvalue weighted by molar-refractivity contribution is 6.11. The van der Waals surface area contributed by atoms with Crippen molar-refractivity contribution >= 4 is 5.78 Å². The molecule has 0 spiro atoms. The highest BCUT2D eigenvalue weighted by atomic mass is 16.5. The van der Waals surface area contributed by atoms with Crippen molar-refractivity contribution < 1.29 is 14.6 Å². The van der Waals surface area contributed by atoms with Gasteiger partial charge in [0.2, 0.25) is 5.88 Å². The Labute approximate surface area is 187 Å². The minimum Gasteiger partial charge on any atom is -0.494 e. The highest BCUT2D eigenvalue weighted by Crippen LogP contribution is 2.26. The average Bonchev–Trinajstić information content (AvgIpc) is 2.81. The summed E-state index contributed by atoms with van der Waals surface area (Å²) in [6.45, 7) is 4.28. The quantitative estimate of drug-likeness (QED) is 0.396. The number of pyridine rings is 1. The van der Waals surface area contributed by atoms with Crippen molar-refractivity contribution in [1.29, 1.82) is 5.26 Å². The number of nitrogens with zero attached hydrogens (tertiary/aromatic N) is 2. The van der Waals surface area contributed by atoms with Crippen LogP contribution in [0.1, 0.15) is 58.8 Å². The lowest BCUT2D eigenvalue weighted by atomic mass is 9.97. The third-order valence-electron chi connectivity index (χ3n) is 5.34. The summed E-state index contributed by atoms with van der Waals surface area (Å²) in [6, 6.07) is 17.6. The van der Waals surface area contributed by atoms with Crippen LogP contribution in [0.2, 0.25) is 0 Å². The molecule has 2 aromatic carbocycles. The first-order valence-corrected chi connectivity index (χ1v) is 10.7. The highest BCUT2D eigenvalue weighted by Gasteiger charge is 2.25. The van der Waals surface area contributed by atoms with E-state index in [9.17, 15) is 20.0 Å². The van der Waals surface area contributed by atoms with E-state index in [4.69, 9.17) is 4.74 Å². The number of nitriles is 1. The van der Waals surface area contributed by atoms with Gasteiger partial charge in [-0.15, -0.1) is 0 Å². The molecule has 1 aromatic heterocycles. The number of unbranched alkanes of at least 4 members (excludes halogenated alkanes) is 2. The van der Waals surface area contributed by atoms with E-state index in [-0.39, 0.29) is 23.2 Å². The summed E-state index contributed by atoms with van der Waals surface area (Å²) in [5.74, 6) is -0.249. The number of hydrogen-bond acceptors (Lipinski definition) is 5. The SMILES string of the molecule is CCCCCOc1ccc(C(=O)c2c(C)c(C#N)c(=O)n(Cc3ccccc3)c2O)cc1. The molecule has 1 heterocycles. The summed E-state index contributed by atoms with van der Waals surface area (Å²) in [6.07, 6.45) is 3.16. The molecule has 6 nitrogen and oxygen atoms in total. The van der Waals surface area contributed by atoms with E-state index in [2.05, 4.69) is 6.92 Å². The van der Waals surface area contributed by atoms with E-state index >= 15 is 0 Å². The predicted molar refractivity (Wildman–Crippen MR) is 122 cm³/mol. The third-order valence-corrected chi connectivity index (χ3v) is 5.34. The first-order valence-electron chi connectivity index (χ1n) is 10.7. The maximum Gasteiger partial charge on any atom is 0.271 e. The van der Waals surface area contributed by atoms with Crippen LogP contribution >= 0.6 is 0 Å². The van der Waals surface area contributed by atoms with E-state index in [0.717, 1.165) is 29.4 Å². The molecule has 0 unspecified atom stereocenters. The van der Waals surface area contributed by atoms with Crippen LogP contribution < -0.4 is 10.3 Å². The minimum atomic E-state index is -0.626. The molecule has 6 heteroatoms. The first-order chi connectivity index (χ1) is 15.5. The molecule has 3 rings (SSSR count). The number of aromatic nitrogens is 1. The Balaban J connectivity index is 1.96. The number of carbonyl (C=O) groups is 1. The van der Waals surface area contributed by atoms with E-state index in [1.807, 2.05) is 24.3 Å². The van der Waals surface area contributed by atoms with Crippen LogP contribution in [0.3, 0.4) is 0 Å². The van der Waals surface area contributed by atoms with Gasteiger partial charge in [-0.1, -0.05) is 50.1 Å². The number of hydrogen-bond donors (Lipinski definition) is 1. The second-order valence-corrected chi connectivity index (χ2v) is 7.60. The van der Waals surface area contributed by atoms with Crippen molar-refractivity contribution in [2.75, 3.05) is 6.61 Å². The summed E-state index contributed by atoms with van der Waals surface area (Å²) in [4.78, 5) is 26.1. The smallest absolute Gasteiger partial charge is 0.271 e. The lowest BCUT2D eigenvalue weighted by Gasteiger charge is -2.16. The molecular formula is C26H26N2O4. The Hall–Kier alpha value is -3.85. The lowest BCUT2D eigenvalue weighted by molar-refractivity contribution is 0.103. The van der Waals surface area contributed by atoms with Crippen LogP contribution in [0.15, 0.2) is 59.4 Å². The number of carbonyl (C=O) groups excluding carboxylic acids is 1. The lowest BCUT2D eigenvalue weighted by Crippen LogP contribution is -2.27. The van der Waals surface area contributed by atoms with Gasteiger partial charge in [0.15, 0.2) is 5.78 Å². The number of rotatable bonds is 9. The van der Waals surface area contributed by atoms with Crippen molar-refractivity contribution in [1.82, 2.24) is 4.57 Å². The van der Waals surface area contributed by atoms with Crippen LogP contribution in [0.4, 0.5) is 0 Å². The molecule has 0 aliphatic rings. The van der Waals surface area contributed by atoms with Gasteiger partial charge in [-0.3, -0.25) is 14.2 Å². The molecule has 0 saturated heterocycles. The molecule has 0 atom stereocenters. The standard InChI is InChI=1S/C26H26N2O4/c1-3-4-8-15-32-21-13-11-20(12-14-21)24(29)23-18(2)22(16-27)25(30)28(26(23)31)17-19-9-6-5-7-10-19/h5-7,9-14,31H,3-4,8,15,17H2,1-2H3. The van der Waals surface area contributed by atoms with Crippen LogP contribution in [0.5, 0.6) is 11.6 Å². The molecule has 0 fully saturated rings. The summed E-state index contributed by atoms with van der Waals surface area (Å²) in [5.41, 5.74) is 0.438. The largest absolute Gasteiger partial charge is 0.494 e. The van der Waals surface area contributed by atoms with Gasteiger partial charge in [-0.05, 0) is 48.7 Å². The number of aromatic hydroxyl groups is 1. The molecule has 0 aliphatic heterocycles. The summed E-state index contributed by atoms with van der Waals surface area (Å²) in [5, 5.41) is 20.4. The Bertz CT molecular complexity index is 1190. The van der Waals surface area contributed by atoms with Gasteiger partial charge < -0.3 is 9.84 Å². The fourth-order valence-electron chi connectivity index (χ4n) is 3.52. The Morgan fingerprint density at radius 2 is 1.78 bits per heavy atom. The van der Waals surface area contributed by atoms with Crippen molar-refractivity contribution in [3.63, 3.8) is 0 Å². The van der Waals surface area contributed by atoms with Gasteiger partial charge in [0, 0.05) is 5.56 Å². The van der Waals surface area contributed by atoms with Crippen LogP contribution in [-0.4, -0.2) is 22.1 Å². The number of ether oxygens (including phenoxy) is 1. The summed E-state index contributed by atoms with van der Waals surface area (Å²) in [7, 11) is 0. The van der Waals surface area contributed by atoms with E-state index in [1.165, 1.54) is 6.92 Å². The molecule has 0 amide bonds. The van der Waals surface area contributed by atoms with E-state index < -0.39 is 17.2 Å².